The van der Waals surface area contributed by atoms with E-state index in [9.17, 15) is 8.76 Å². The standard InChI is InChI=1S/C30H36N2O3S/c1-28-10-8-24-17-23-4-5-25(32-14-15-36(33)34)18-29(23)11-12-30(24,35-29)27(28)7-6-26(28)21-3-2-20-9-13-31-19-22(20)16-21/h2-3,8-9,13,16-17,19,25-27,32H,4-7,10-12,14-15,18H2,1H3,(H,33,34)/p-1/t25?,26-,27-,28-,29-,30-/m1/s1. The molecule has 5 nitrogen and oxygen atoms in total. The predicted molar refractivity (Wildman–Crippen MR) is 141 cm³/mol. The zero-order chi connectivity index (χ0) is 24.5. The molecular formula is C30H35N2O3S-. The second-order valence-corrected chi connectivity index (χ2v) is 13.1. The second kappa shape index (κ2) is 8.32. The lowest BCUT2D eigenvalue weighted by Gasteiger charge is -2.54. The van der Waals surface area contributed by atoms with Crippen molar-refractivity contribution in [3.63, 3.8) is 0 Å². The highest BCUT2D eigenvalue weighted by Gasteiger charge is 2.66. The molecule has 1 saturated heterocycles. The zero-order valence-corrected chi connectivity index (χ0v) is 21.8. The Morgan fingerprint density at radius 3 is 3.00 bits per heavy atom. The third kappa shape index (κ3) is 3.37. The van der Waals surface area contributed by atoms with Crippen LogP contribution in [0.4, 0.5) is 0 Å². The Kier molecular flexibility index (Phi) is 5.38. The molecule has 0 amide bonds. The first-order chi connectivity index (χ1) is 17.4. The van der Waals surface area contributed by atoms with Gasteiger partial charge in [-0.05, 0) is 103 Å². The first-order valence-corrected chi connectivity index (χ1v) is 14.9. The molecule has 6 heteroatoms. The second-order valence-electron chi connectivity index (χ2n) is 12.1. The first kappa shape index (κ1) is 23.3. The fraction of sp³-hybridized carbons (Fsp3) is 0.567. The van der Waals surface area contributed by atoms with E-state index in [2.05, 4.69) is 53.6 Å². The molecule has 0 radical (unpaired) electrons. The number of pyridine rings is 1. The number of hydrogen-bond donors (Lipinski definition) is 1. The van der Waals surface area contributed by atoms with Crippen LogP contribution in [0, 0.1) is 11.3 Å². The van der Waals surface area contributed by atoms with Gasteiger partial charge in [0.15, 0.2) is 0 Å². The maximum absolute atomic E-state index is 11.0. The number of hydrogen-bond acceptors (Lipinski definition) is 5. The van der Waals surface area contributed by atoms with E-state index in [-0.39, 0.29) is 22.4 Å². The summed E-state index contributed by atoms with van der Waals surface area (Å²) in [5.41, 5.74) is 4.22. The van der Waals surface area contributed by atoms with Crippen molar-refractivity contribution in [3.05, 3.63) is 65.5 Å². The summed E-state index contributed by atoms with van der Waals surface area (Å²) in [7, 11) is 0. The smallest absolute Gasteiger partial charge is 0.0974 e. The Hall–Kier alpha value is -1.86. The number of aromatic nitrogens is 1. The van der Waals surface area contributed by atoms with Gasteiger partial charge in [0.25, 0.3) is 0 Å². The molecule has 5 aliphatic rings. The van der Waals surface area contributed by atoms with Gasteiger partial charge < -0.3 is 14.6 Å². The Labute approximate surface area is 216 Å². The van der Waals surface area contributed by atoms with Gasteiger partial charge in [0, 0.05) is 36.1 Å². The van der Waals surface area contributed by atoms with Gasteiger partial charge in [-0.15, -0.1) is 0 Å². The fourth-order valence-corrected chi connectivity index (χ4v) is 9.08. The maximum Gasteiger partial charge on any atom is 0.0974 e. The van der Waals surface area contributed by atoms with Crippen LogP contribution in [0.1, 0.15) is 69.8 Å². The van der Waals surface area contributed by atoms with E-state index in [0.717, 1.165) is 38.5 Å². The maximum atomic E-state index is 11.0. The molecule has 2 aromatic rings. The Morgan fingerprint density at radius 2 is 2.11 bits per heavy atom. The minimum Gasteiger partial charge on any atom is -0.772 e. The van der Waals surface area contributed by atoms with Gasteiger partial charge in [-0.3, -0.25) is 9.19 Å². The summed E-state index contributed by atoms with van der Waals surface area (Å²) in [5.74, 6) is 1.22. The molecule has 2 unspecified atom stereocenters. The topological polar surface area (TPSA) is 74.3 Å². The van der Waals surface area contributed by atoms with Crippen molar-refractivity contribution in [2.24, 2.45) is 11.3 Å². The summed E-state index contributed by atoms with van der Waals surface area (Å²) in [6.45, 7) is 3.04. The van der Waals surface area contributed by atoms with E-state index in [1.54, 1.807) is 0 Å². The molecule has 36 heavy (non-hydrogen) atoms. The zero-order valence-electron chi connectivity index (χ0n) is 21.0. The number of benzene rings is 1. The number of allylic oxidation sites excluding steroid dienone is 1. The van der Waals surface area contributed by atoms with E-state index in [1.165, 1.54) is 40.3 Å². The summed E-state index contributed by atoms with van der Waals surface area (Å²) in [6.07, 6.45) is 17.7. The number of rotatable bonds is 5. The van der Waals surface area contributed by atoms with Crippen molar-refractivity contribution >= 4 is 21.9 Å². The Morgan fingerprint density at radius 1 is 1.19 bits per heavy atom. The van der Waals surface area contributed by atoms with E-state index < -0.39 is 11.1 Å². The van der Waals surface area contributed by atoms with Crippen LogP contribution in [-0.2, 0) is 15.8 Å². The van der Waals surface area contributed by atoms with Gasteiger partial charge in [0.2, 0.25) is 0 Å². The molecule has 1 aromatic heterocycles. The van der Waals surface area contributed by atoms with Crippen molar-refractivity contribution in [2.75, 3.05) is 12.3 Å². The lowest BCUT2D eigenvalue weighted by molar-refractivity contribution is -0.136. The van der Waals surface area contributed by atoms with Crippen molar-refractivity contribution in [1.29, 1.82) is 0 Å². The van der Waals surface area contributed by atoms with Gasteiger partial charge >= 0.3 is 0 Å². The quantitative estimate of drug-likeness (QED) is 0.560. The van der Waals surface area contributed by atoms with E-state index in [0.29, 0.717) is 24.4 Å². The van der Waals surface area contributed by atoms with Crippen molar-refractivity contribution in [2.45, 2.75) is 81.5 Å². The molecule has 7 rings (SSSR count). The highest BCUT2D eigenvalue weighted by molar-refractivity contribution is 7.79. The summed E-state index contributed by atoms with van der Waals surface area (Å²) in [5, 5.41) is 6.00. The van der Waals surface area contributed by atoms with Crippen LogP contribution in [0.25, 0.3) is 10.8 Å². The van der Waals surface area contributed by atoms with E-state index in [4.69, 9.17) is 4.74 Å². The van der Waals surface area contributed by atoms with Crippen molar-refractivity contribution < 1.29 is 13.5 Å². The van der Waals surface area contributed by atoms with Gasteiger partial charge in [-0.2, -0.15) is 0 Å². The van der Waals surface area contributed by atoms with Crippen LogP contribution in [0.15, 0.2) is 60.0 Å². The minimum absolute atomic E-state index is 0.165. The molecule has 1 aromatic carbocycles. The summed E-state index contributed by atoms with van der Waals surface area (Å²) in [4.78, 5) is 4.36. The van der Waals surface area contributed by atoms with Crippen LogP contribution in [0.5, 0.6) is 0 Å². The third-order valence-electron chi connectivity index (χ3n) is 10.4. The van der Waals surface area contributed by atoms with Gasteiger partial charge in [0.1, 0.15) is 0 Å². The van der Waals surface area contributed by atoms with Crippen LogP contribution >= 0.6 is 0 Å². The number of nitrogens with one attached hydrogen (secondary N) is 1. The molecule has 2 bridgehead atoms. The molecule has 1 N–H and O–H groups in total. The third-order valence-corrected chi connectivity index (χ3v) is 11.0. The average molecular weight is 504 g/mol. The summed E-state index contributed by atoms with van der Waals surface area (Å²) < 4.78 is 29.4. The molecule has 190 valence electrons. The normalized spacial score (nSPS) is 39.7. The molecule has 3 aliphatic carbocycles. The largest absolute Gasteiger partial charge is 0.772 e. The van der Waals surface area contributed by atoms with Crippen LogP contribution in [-0.4, -0.2) is 43.3 Å². The van der Waals surface area contributed by atoms with Crippen molar-refractivity contribution in [3.8, 4) is 0 Å². The Bertz CT molecular complexity index is 1310. The number of fused-ring (bicyclic) bond motifs is 2. The SMILES string of the molecule is C[C@]12CC=C3C=C4CCC(NCCS(=O)[O-])C[C@]45CC[C@]3(O5)[C@@H]1CC[C@@H]2c1ccc2ccncc2c1. The van der Waals surface area contributed by atoms with Crippen LogP contribution in [0.2, 0.25) is 0 Å². The molecule has 2 aliphatic heterocycles. The highest BCUT2D eigenvalue weighted by Crippen LogP contribution is 2.69. The summed E-state index contributed by atoms with van der Waals surface area (Å²) in [6, 6.07) is 9.40. The van der Waals surface area contributed by atoms with E-state index in [1.807, 2.05) is 12.4 Å². The summed E-state index contributed by atoms with van der Waals surface area (Å²) >= 11 is -1.99. The van der Waals surface area contributed by atoms with Gasteiger partial charge in [-0.1, -0.05) is 42.3 Å². The molecule has 3 fully saturated rings. The number of ether oxygens (including phenoxy) is 1. The van der Waals surface area contributed by atoms with Gasteiger partial charge in [-0.25, -0.2) is 0 Å². The van der Waals surface area contributed by atoms with Crippen LogP contribution < -0.4 is 5.32 Å². The molecule has 2 spiro atoms. The Balaban J connectivity index is 1.19. The molecule has 2 saturated carbocycles. The molecule has 3 heterocycles. The molecule has 7 atom stereocenters. The fourth-order valence-electron chi connectivity index (χ4n) is 8.80. The monoisotopic (exact) mass is 503 g/mol. The molecular weight excluding hydrogens is 468 g/mol. The average Bonchev–Trinajstić information content (AvgIpc) is 3.38. The van der Waals surface area contributed by atoms with Gasteiger partial charge in [0.05, 0.1) is 11.2 Å². The van der Waals surface area contributed by atoms with E-state index >= 15 is 0 Å². The predicted octanol–water partition coefficient (Wildman–Crippen LogP) is 5.31. The number of nitrogens with zero attached hydrogens (tertiary/aromatic N) is 1. The van der Waals surface area contributed by atoms with Crippen molar-refractivity contribution in [1.82, 2.24) is 10.3 Å². The lowest BCUT2D eigenvalue weighted by atomic mass is 9.58. The highest BCUT2D eigenvalue weighted by atomic mass is 32.2. The van der Waals surface area contributed by atoms with Crippen LogP contribution in [0.3, 0.4) is 0 Å². The first-order valence-electron chi connectivity index (χ1n) is 13.7. The lowest BCUT2D eigenvalue weighted by Crippen LogP contribution is -2.55. The minimum atomic E-state index is -1.99.